The van der Waals surface area contributed by atoms with Gasteiger partial charge in [-0.25, -0.2) is 0 Å². The molecule has 0 saturated carbocycles. The van der Waals surface area contributed by atoms with Gasteiger partial charge in [-0.2, -0.15) is 0 Å². The third-order valence-corrected chi connectivity index (χ3v) is 3.23. The number of hydrogen-bond donors (Lipinski definition) is 1. The fraction of sp³-hybridized carbons (Fsp3) is 0.500. The van der Waals surface area contributed by atoms with E-state index in [1.807, 2.05) is 45.0 Å². The van der Waals surface area contributed by atoms with E-state index in [1.54, 1.807) is 0 Å². The molecule has 0 aromatic heterocycles. The van der Waals surface area contributed by atoms with Crippen LogP contribution in [0.15, 0.2) is 24.3 Å². The van der Waals surface area contributed by atoms with Gasteiger partial charge in [0, 0.05) is 12.1 Å². The minimum Gasteiger partial charge on any atom is -0.460 e. The minimum absolute atomic E-state index is 0.00383. The maximum atomic E-state index is 12.0. The van der Waals surface area contributed by atoms with E-state index in [0.29, 0.717) is 19.3 Å². The van der Waals surface area contributed by atoms with Crippen molar-refractivity contribution < 1.29 is 14.3 Å². The lowest BCUT2D eigenvalue weighted by Crippen LogP contribution is -2.25. The number of esters is 1. The molecule has 2 rings (SSSR count). The molecule has 1 aromatic rings. The molecule has 1 heterocycles. The van der Waals surface area contributed by atoms with Crippen LogP contribution in [0.4, 0.5) is 5.69 Å². The number of para-hydroxylation sites is 1. The molecule has 0 saturated heterocycles. The summed E-state index contributed by atoms with van der Waals surface area (Å²) in [6.07, 6.45) is 1.41. The quantitative estimate of drug-likeness (QED) is 0.843. The monoisotopic (exact) mass is 275 g/mol. The molecule has 4 heteroatoms. The lowest BCUT2D eigenvalue weighted by atomic mass is 9.91. The molecule has 1 atom stereocenters. The van der Waals surface area contributed by atoms with Crippen molar-refractivity contribution in [3.05, 3.63) is 29.8 Å². The van der Waals surface area contributed by atoms with Crippen LogP contribution in [0.2, 0.25) is 0 Å². The summed E-state index contributed by atoms with van der Waals surface area (Å²) in [4.78, 5) is 23.7. The van der Waals surface area contributed by atoms with Gasteiger partial charge in [0.25, 0.3) is 0 Å². The van der Waals surface area contributed by atoms with Crippen LogP contribution in [0.25, 0.3) is 0 Å². The maximum absolute atomic E-state index is 12.0. The van der Waals surface area contributed by atoms with E-state index >= 15 is 0 Å². The van der Waals surface area contributed by atoms with Crippen LogP contribution in [0.5, 0.6) is 0 Å². The predicted molar refractivity (Wildman–Crippen MR) is 77.5 cm³/mol. The average Bonchev–Trinajstić information content (AvgIpc) is 2.47. The van der Waals surface area contributed by atoms with Crippen LogP contribution in [0.3, 0.4) is 0 Å². The van der Waals surface area contributed by atoms with E-state index in [0.717, 1.165) is 11.3 Å². The van der Waals surface area contributed by atoms with Crippen molar-refractivity contribution in [3.8, 4) is 0 Å². The first-order chi connectivity index (χ1) is 9.35. The van der Waals surface area contributed by atoms with Gasteiger partial charge in [-0.3, -0.25) is 9.59 Å². The average molecular weight is 275 g/mol. The zero-order valence-corrected chi connectivity index (χ0v) is 12.2. The van der Waals surface area contributed by atoms with Gasteiger partial charge in [0.05, 0.1) is 6.42 Å². The fourth-order valence-corrected chi connectivity index (χ4v) is 2.44. The van der Waals surface area contributed by atoms with Crippen molar-refractivity contribution in [2.45, 2.75) is 51.6 Å². The highest BCUT2D eigenvalue weighted by Gasteiger charge is 2.26. The Hall–Kier alpha value is -1.84. The molecule has 0 aliphatic carbocycles. The second-order valence-electron chi connectivity index (χ2n) is 6.16. The number of carbonyl (C=O) groups is 2. The number of ether oxygens (including phenoxy) is 1. The summed E-state index contributed by atoms with van der Waals surface area (Å²) in [5.41, 5.74) is 1.35. The van der Waals surface area contributed by atoms with Gasteiger partial charge in [0.15, 0.2) is 0 Å². The van der Waals surface area contributed by atoms with E-state index in [-0.39, 0.29) is 17.8 Å². The summed E-state index contributed by atoms with van der Waals surface area (Å²) in [5, 5.41) is 2.88. The van der Waals surface area contributed by atoms with Crippen molar-refractivity contribution in [2.24, 2.45) is 0 Å². The molecule has 0 fully saturated rings. The molecular formula is C16H21NO3. The number of nitrogens with one attached hydrogen (secondary N) is 1. The molecule has 0 spiro atoms. The van der Waals surface area contributed by atoms with Gasteiger partial charge in [-0.15, -0.1) is 0 Å². The summed E-state index contributed by atoms with van der Waals surface area (Å²) in [6, 6.07) is 7.66. The number of anilines is 1. The molecule has 1 aliphatic rings. The number of fused-ring (bicyclic) bond motifs is 1. The van der Waals surface area contributed by atoms with Gasteiger partial charge < -0.3 is 10.1 Å². The van der Waals surface area contributed by atoms with E-state index in [9.17, 15) is 9.59 Å². The smallest absolute Gasteiger partial charge is 0.306 e. The molecule has 1 aromatic carbocycles. The maximum Gasteiger partial charge on any atom is 0.306 e. The minimum atomic E-state index is -0.477. The summed E-state index contributed by atoms with van der Waals surface area (Å²) in [7, 11) is 0. The first-order valence-electron chi connectivity index (χ1n) is 6.96. The number of rotatable bonds is 2. The molecule has 1 unspecified atom stereocenters. The standard InChI is InChI=1S/C16H21NO3/c1-16(2,3)20-15(19)10-11-8-9-14(18)17-13-7-5-4-6-12(11)13/h4-7,11H,8-10H2,1-3H3,(H,17,18). The zero-order chi connectivity index (χ0) is 14.8. The lowest BCUT2D eigenvalue weighted by molar-refractivity contribution is -0.155. The van der Waals surface area contributed by atoms with Crippen LogP contribution in [0, 0.1) is 0 Å². The van der Waals surface area contributed by atoms with Gasteiger partial charge in [0.1, 0.15) is 5.60 Å². The Balaban J connectivity index is 2.16. The first kappa shape index (κ1) is 14.6. The molecule has 1 N–H and O–H groups in total. The molecule has 20 heavy (non-hydrogen) atoms. The Morgan fingerprint density at radius 1 is 1.35 bits per heavy atom. The highest BCUT2D eigenvalue weighted by Crippen LogP contribution is 2.34. The van der Waals surface area contributed by atoms with E-state index in [1.165, 1.54) is 0 Å². The van der Waals surface area contributed by atoms with Gasteiger partial charge >= 0.3 is 5.97 Å². The van der Waals surface area contributed by atoms with Gasteiger partial charge in [0.2, 0.25) is 5.91 Å². The third-order valence-electron chi connectivity index (χ3n) is 3.23. The number of amides is 1. The summed E-state index contributed by atoms with van der Waals surface area (Å²) in [6.45, 7) is 5.57. The Bertz CT molecular complexity index is 517. The topological polar surface area (TPSA) is 55.4 Å². The highest BCUT2D eigenvalue weighted by molar-refractivity contribution is 5.92. The number of hydrogen-bond acceptors (Lipinski definition) is 3. The Kier molecular flexibility index (Phi) is 4.12. The zero-order valence-electron chi connectivity index (χ0n) is 12.2. The summed E-state index contributed by atoms with van der Waals surface area (Å²) in [5.74, 6) is -0.184. The SMILES string of the molecule is CC(C)(C)OC(=O)CC1CCC(=O)Nc2ccccc21. The number of benzene rings is 1. The van der Waals surface area contributed by atoms with E-state index < -0.39 is 5.60 Å². The molecule has 4 nitrogen and oxygen atoms in total. The Morgan fingerprint density at radius 2 is 2.05 bits per heavy atom. The van der Waals surface area contributed by atoms with E-state index in [4.69, 9.17) is 4.74 Å². The molecule has 0 radical (unpaired) electrons. The number of carbonyl (C=O) groups excluding carboxylic acids is 2. The van der Waals surface area contributed by atoms with Crippen LogP contribution in [-0.4, -0.2) is 17.5 Å². The third kappa shape index (κ3) is 3.83. The van der Waals surface area contributed by atoms with Gasteiger partial charge in [-0.05, 0) is 44.7 Å². The van der Waals surface area contributed by atoms with Crippen LogP contribution >= 0.6 is 0 Å². The normalized spacial score (nSPS) is 18.8. The molecule has 1 aliphatic heterocycles. The first-order valence-corrected chi connectivity index (χ1v) is 6.96. The van der Waals surface area contributed by atoms with Crippen LogP contribution < -0.4 is 5.32 Å². The molecule has 108 valence electrons. The molecule has 1 amide bonds. The lowest BCUT2D eigenvalue weighted by Gasteiger charge is -2.22. The van der Waals surface area contributed by atoms with Crippen LogP contribution in [-0.2, 0) is 14.3 Å². The largest absolute Gasteiger partial charge is 0.460 e. The molecule has 0 bridgehead atoms. The van der Waals surface area contributed by atoms with Gasteiger partial charge in [-0.1, -0.05) is 18.2 Å². The Morgan fingerprint density at radius 3 is 2.75 bits per heavy atom. The predicted octanol–water partition coefficient (Wildman–Crippen LogP) is 3.23. The van der Waals surface area contributed by atoms with Crippen molar-refractivity contribution in [3.63, 3.8) is 0 Å². The summed E-state index contributed by atoms with van der Waals surface area (Å²) < 4.78 is 5.38. The van der Waals surface area contributed by atoms with Crippen molar-refractivity contribution in [1.29, 1.82) is 0 Å². The Labute approximate surface area is 119 Å². The summed E-state index contributed by atoms with van der Waals surface area (Å²) >= 11 is 0. The molecular weight excluding hydrogens is 254 g/mol. The van der Waals surface area contributed by atoms with Crippen molar-refractivity contribution >= 4 is 17.6 Å². The van der Waals surface area contributed by atoms with Crippen molar-refractivity contribution in [1.82, 2.24) is 0 Å². The van der Waals surface area contributed by atoms with E-state index in [2.05, 4.69) is 5.32 Å². The second kappa shape index (κ2) is 5.65. The fourth-order valence-electron chi connectivity index (χ4n) is 2.44. The highest BCUT2D eigenvalue weighted by atomic mass is 16.6. The van der Waals surface area contributed by atoms with Crippen molar-refractivity contribution in [2.75, 3.05) is 5.32 Å². The van der Waals surface area contributed by atoms with Crippen LogP contribution in [0.1, 0.15) is 51.5 Å². The second-order valence-corrected chi connectivity index (χ2v) is 6.16.